The highest BCUT2D eigenvalue weighted by atomic mass is 19.1. The smallest absolute Gasteiger partial charge is 0.227 e. The second-order valence-electron chi connectivity index (χ2n) is 6.83. The SMILES string of the molecule is O=C(CCCOc1ccccc1)N1CCN(C(=O)Cc2ccc(F)cc2)CC1. The van der Waals surface area contributed by atoms with Crippen LogP contribution in [0.2, 0.25) is 0 Å². The number of rotatable bonds is 7. The normalized spacial score (nSPS) is 14.0. The topological polar surface area (TPSA) is 49.9 Å². The first-order valence-corrected chi connectivity index (χ1v) is 9.59. The van der Waals surface area contributed by atoms with Gasteiger partial charge in [0.05, 0.1) is 13.0 Å². The van der Waals surface area contributed by atoms with E-state index >= 15 is 0 Å². The molecule has 1 heterocycles. The van der Waals surface area contributed by atoms with E-state index in [2.05, 4.69) is 0 Å². The molecule has 3 rings (SSSR count). The van der Waals surface area contributed by atoms with Crippen LogP contribution in [-0.4, -0.2) is 54.4 Å². The van der Waals surface area contributed by atoms with E-state index in [0.29, 0.717) is 45.6 Å². The molecule has 1 saturated heterocycles. The van der Waals surface area contributed by atoms with Crippen LogP contribution < -0.4 is 4.74 Å². The van der Waals surface area contributed by atoms with Gasteiger partial charge in [-0.2, -0.15) is 0 Å². The third-order valence-electron chi connectivity index (χ3n) is 4.80. The molecule has 0 aliphatic carbocycles. The minimum atomic E-state index is -0.308. The summed E-state index contributed by atoms with van der Waals surface area (Å²) in [6.45, 7) is 2.67. The van der Waals surface area contributed by atoms with E-state index in [1.807, 2.05) is 35.2 Å². The van der Waals surface area contributed by atoms with Gasteiger partial charge in [0.25, 0.3) is 0 Å². The molecule has 0 aromatic heterocycles. The molecule has 148 valence electrons. The highest BCUT2D eigenvalue weighted by Crippen LogP contribution is 2.11. The molecule has 1 aliphatic rings. The molecule has 28 heavy (non-hydrogen) atoms. The van der Waals surface area contributed by atoms with Crippen molar-refractivity contribution in [1.29, 1.82) is 0 Å². The zero-order chi connectivity index (χ0) is 19.8. The molecule has 0 unspecified atom stereocenters. The molecule has 2 aromatic carbocycles. The second kappa shape index (κ2) is 9.88. The molecule has 2 aromatic rings. The summed E-state index contributed by atoms with van der Waals surface area (Å²) < 4.78 is 18.6. The zero-order valence-corrected chi connectivity index (χ0v) is 15.9. The highest BCUT2D eigenvalue weighted by molar-refractivity contribution is 5.80. The van der Waals surface area contributed by atoms with Gasteiger partial charge < -0.3 is 14.5 Å². The van der Waals surface area contributed by atoms with Gasteiger partial charge in [-0.3, -0.25) is 9.59 Å². The fourth-order valence-corrected chi connectivity index (χ4v) is 3.18. The predicted molar refractivity (Wildman–Crippen MR) is 104 cm³/mol. The van der Waals surface area contributed by atoms with Gasteiger partial charge in [0, 0.05) is 32.6 Å². The molecule has 6 heteroatoms. The van der Waals surface area contributed by atoms with Gasteiger partial charge in [-0.1, -0.05) is 30.3 Å². The van der Waals surface area contributed by atoms with E-state index in [9.17, 15) is 14.0 Å². The number of amides is 2. The molecule has 0 saturated carbocycles. The first-order chi connectivity index (χ1) is 13.6. The summed E-state index contributed by atoms with van der Waals surface area (Å²) in [7, 11) is 0. The summed E-state index contributed by atoms with van der Waals surface area (Å²) >= 11 is 0. The number of ether oxygens (including phenoxy) is 1. The maximum atomic E-state index is 13.0. The average molecular weight is 384 g/mol. The Bertz CT molecular complexity index is 772. The van der Waals surface area contributed by atoms with Crippen LogP contribution >= 0.6 is 0 Å². The first-order valence-electron chi connectivity index (χ1n) is 9.59. The molecule has 0 N–H and O–H groups in total. The van der Waals surface area contributed by atoms with Gasteiger partial charge in [0.2, 0.25) is 11.8 Å². The fourth-order valence-electron chi connectivity index (χ4n) is 3.18. The second-order valence-corrected chi connectivity index (χ2v) is 6.83. The van der Waals surface area contributed by atoms with Crippen molar-refractivity contribution < 1.29 is 18.7 Å². The first kappa shape index (κ1) is 19.9. The monoisotopic (exact) mass is 384 g/mol. The lowest BCUT2D eigenvalue weighted by Crippen LogP contribution is -2.51. The fraction of sp³-hybridized carbons (Fsp3) is 0.364. The van der Waals surface area contributed by atoms with Crippen molar-refractivity contribution in [3.05, 3.63) is 66.0 Å². The number of para-hydroxylation sites is 1. The number of halogens is 1. The molecule has 0 bridgehead atoms. The van der Waals surface area contributed by atoms with Gasteiger partial charge >= 0.3 is 0 Å². The van der Waals surface area contributed by atoms with E-state index in [4.69, 9.17) is 4.74 Å². The Hall–Kier alpha value is -2.89. The van der Waals surface area contributed by atoms with Crippen molar-refractivity contribution in [3.8, 4) is 5.75 Å². The highest BCUT2D eigenvalue weighted by Gasteiger charge is 2.23. The Morgan fingerprint density at radius 1 is 0.857 bits per heavy atom. The van der Waals surface area contributed by atoms with Crippen molar-refractivity contribution in [1.82, 2.24) is 9.80 Å². The summed E-state index contributed by atoms with van der Waals surface area (Å²) in [5.74, 6) is 0.609. The van der Waals surface area contributed by atoms with Gasteiger partial charge in [0.15, 0.2) is 0 Å². The maximum Gasteiger partial charge on any atom is 0.227 e. The minimum Gasteiger partial charge on any atom is -0.494 e. The van der Waals surface area contributed by atoms with Crippen molar-refractivity contribution in [3.63, 3.8) is 0 Å². The molecule has 2 amide bonds. The Morgan fingerprint density at radius 2 is 1.46 bits per heavy atom. The number of benzene rings is 2. The lowest BCUT2D eigenvalue weighted by molar-refractivity contribution is -0.139. The van der Waals surface area contributed by atoms with Crippen LogP contribution in [0.3, 0.4) is 0 Å². The quantitative estimate of drug-likeness (QED) is 0.690. The minimum absolute atomic E-state index is 0.00923. The number of hydrogen-bond acceptors (Lipinski definition) is 3. The van der Waals surface area contributed by atoms with Crippen molar-refractivity contribution in [2.45, 2.75) is 19.3 Å². The van der Waals surface area contributed by atoms with E-state index in [1.165, 1.54) is 12.1 Å². The lowest BCUT2D eigenvalue weighted by atomic mass is 10.1. The number of nitrogens with zero attached hydrogens (tertiary/aromatic N) is 2. The number of piperazine rings is 1. The van der Waals surface area contributed by atoms with Crippen LogP contribution in [0.5, 0.6) is 5.75 Å². The van der Waals surface area contributed by atoms with Gasteiger partial charge in [-0.05, 0) is 36.2 Å². The molecular weight excluding hydrogens is 359 g/mol. The van der Waals surface area contributed by atoms with Crippen LogP contribution in [-0.2, 0) is 16.0 Å². The van der Waals surface area contributed by atoms with Crippen LogP contribution in [0.15, 0.2) is 54.6 Å². The Balaban J connectivity index is 1.35. The van der Waals surface area contributed by atoms with Gasteiger partial charge in [0.1, 0.15) is 11.6 Å². The Kier molecular flexibility index (Phi) is 7.00. The van der Waals surface area contributed by atoms with Crippen molar-refractivity contribution >= 4 is 11.8 Å². The third-order valence-corrected chi connectivity index (χ3v) is 4.80. The number of carbonyl (C=O) groups excluding carboxylic acids is 2. The summed E-state index contributed by atoms with van der Waals surface area (Å²) in [5, 5.41) is 0. The van der Waals surface area contributed by atoms with Crippen LogP contribution in [0.25, 0.3) is 0 Å². The van der Waals surface area contributed by atoms with E-state index in [0.717, 1.165) is 11.3 Å². The molecule has 5 nitrogen and oxygen atoms in total. The average Bonchev–Trinajstić information content (AvgIpc) is 2.73. The summed E-state index contributed by atoms with van der Waals surface area (Å²) in [6, 6.07) is 15.5. The van der Waals surface area contributed by atoms with Crippen molar-refractivity contribution in [2.75, 3.05) is 32.8 Å². The molecule has 1 fully saturated rings. The summed E-state index contributed by atoms with van der Waals surface area (Å²) in [6.07, 6.45) is 1.36. The third kappa shape index (κ3) is 5.81. The van der Waals surface area contributed by atoms with Gasteiger partial charge in [-0.15, -0.1) is 0 Å². The molecular formula is C22H25FN2O3. The number of carbonyl (C=O) groups is 2. The number of hydrogen-bond donors (Lipinski definition) is 0. The Labute approximate surface area is 164 Å². The van der Waals surface area contributed by atoms with Crippen LogP contribution in [0.4, 0.5) is 4.39 Å². The molecule has 0 radical (unpaired) electrons. The predicted octanol–water partition coefficient (Wildman–Crippen LogP) is 2.90. The summed E-state index contributed by atoms with van der Waals surface area (Å²) in [4.78, 5) is 28.3. The van der Waals surface area contributed by atoms with Crippen molar-refractivity contribution in [2.24, 2.45) is 0 Å². The van der Waals surface area contributed by atoms with E-state index < -0.39 is 0 Å². The van der Waals surface area contributed by atoms with E-state index in [-0.39, 0.29) is 24.1 Å². The van der Waals surface area contributed by atoms with Crippen LogP contribution in [0, 0.1) is 5.82 Å². The summed E-state index contributed by atoms with van der Waals surface area (Å²) in [5.41, 5.74) is 0.795. The van der Waals surface area contributed by atoms with Crippen LogP contribution in [0.1, 0.15) is 18.4 Å². The maximum absolute atomic E-state index is 13.0. The molecule has 1 aliphatic heterocycles. The molecule has 0 spiro atoms. The zero-order valence-electron chi connectivity index (χ0n) is 15.9. The standard InChI is InChI=1S/C22H25FN2O3/c23-19-10-8-18(9-11-19)17-22(27)25-14-12-24(13-15-25)21(26)7-4-16-28-20-5-2-1-3-6-20/h1-3,5-6,8-11H,4,7,12-17H2. The van der Waals surface area contributed by atoms with E-state index in [1.54, 1.807) is 17.0 Å². The van der Waals surface area contributed by atoms with Gasteiger partial charge in [-0.25, -0.2) is 4.39 Å². The largest absolute Gasteiger partial charge is 0.494 e. The lowest BCUT2D eigenvalue weighted by Gasteiger charge is -2.35. The Morgan fingerprint density at radius 3 is 2.11 bits per heavy atom. The molecule has 0 atom stereocenters.